The van der Waals surface area contributed by atoms with Crippen LogP contribution in [0, 0.1) is 11.3 Å². The number of nitrogens with one attached hydrogen (secondary N) is 2. The van der Waals surface area contributed by atoms with Gasteiger partial charge in [-0.05, 0) is 25.0 Å². The molecular weight excluding hydrogens is 394 g/mol. The Hall–Kier alpha value is -3.22. The molecule has 0 heterocycles. The Morgan fingerprint density at radius 2 is 1.76 bits per heavy atom. The van der Waals surface area contributed by atoms with Gasteiger partial charge in [-0.2, -0.15) is 9.98 Å². The van der Waals surface area contributed by atoms with E-state index in [1.807, 2.05) is 0 Å². The molecule has 2 aromatic rings. The maximum absolute atomic E-state index is 12.5. The van der Waals surface area contributed by atoms with Crippen molar-refractivity contribution in [2.45, 2.75) is 29.9 Å². The van der Waals surface area contributed by atoms with Gasteiger partial charge in [0.05, 0.1) is 10.5 Å². The van der Waals surface area contributed by atoms with E-state index < -0.39 is 34.5 Å². The van der Waals surface area contributed by atoms with Gasteiger partial charge in [0, 0.05) is 11.6 Å². The maximum atomic E-state index is 12.5. The molecule has 9 heteroatoms. The van der Waals surface area contributed by atoms with E-state index >= 15 is 0 Å². The van der Waals surface area contributed by atoms with Crippen LogP contribution in [0.4, 0.5) is 0 Å². The normalized spacial score (nSPS) is 14.4. The van der Waals surface area contributed by atoms with Crippen molar-refractivity contribution in [2.75, 3.05) is 6.54 Å². The van der Waals surface area contributed by atoms with Crippen LogP contribution in [0.5, 0.6) is 0 Å². The Morgan fingerprint density at radius 1 is 1.10 bits per heavy atom. The third kappa shape index (κ3) is 5.40. The Kier molecular flexibility index (Phi) is 6.26. The number of carbonyl (C=O) groups is 2. The lowest BCUT2D eigenvalue weighted by Gasteiger charge is -2.18. The summed E-state index contributed by atoms with van der Waals surface area (Å²) in [6, 6.07) is 16.0. The predicted octanol–water partition coefficient (Wildman–Crippen LogP) is 1.40. The van der Waals surface area contributed by atoms with E-state index in [9.17, 15) is 18.0 Å². The third-order valence-corrected chi connectivity index (χ3v) is 5.68. The number of sulfonamides is 1. The van der Waals surface area contributed by atoms with Crippen LogP contribution in [0.1, 0.15) is 30.1 Å². The first kappa shape index (κ1) is 20.5. The molecule has 1 amide bonds. The Labute approximate surface area is 168 Å². The molecule has 0 aliphatic heterocycles. The van der Waals surface area contributed by atoms with Crippen LogP contribution < -0.4 is 10.0 Å². The lowest BCUT2D eigenvalue weighted by atomic mass is 10.1. The van der Waals surface area contributed by atoms with Gasteiger partial charge >= 0.3 is 5.97 Å². The van der Waals surface area contributed by atoms with E-state index in [2.05, 4.69) is 10.0 Å². The van der Waals surface area contributed by atoms with Gasteiger partial charge in [0.15, 0.2) is 0 Å². The first-order valence-electron chi connectivity index (χ1n) is 8.94. The van der Waals surface area contributed by atoms with E-state index in [-0.39, 0.29) is 16.5 Å². The summed E-state index contributed by atoms with van der Waals surface area (Å²) in [6.45, 7) is -0.678. The number of benzene rings is 2. The molecule has 0 unspecified atom stereocenters. The molecule has 150 valence electrons. The summed E-state index contributed by atoms with van der Waals surface area (Å²) in [5.41, 5.74) is 0.441. The standard InChI is InChI=1S/C20H19N3O5S/c21-12-15-8-4-5-9-17(15)29(26,27)22-13-18(24)28-19(14-6-2-1-3-7-14)20(25)23-16-10-11-16/h1-9,16,19,22H,10-11,13H2,(H,23,25)/t19-/m0/s1. The van der Waals surface area contributed by atoms with Crippen LogP contribution in [-0.2, 0) is 24.3 Å². The van der Waals surface area contributed by atoms with Crippen molar-refractivity contribution < 1.29 is 22.7 Å². The van der Waals surface area contributed by atoms with Crippen LogP contribution >= 0.6 is 0 Å². The topological polar surface area (TPSA) is 125 Å². The molecule has 1 fully saturated rings. The zero-order chi connectivity index (χ0) is 20.9. The molecule has 2 aromatic carbocycles. The number of ether oxygens (including phenoxy) is 1. The first-order valence-corrected chi connectivity index (χ1v) is 10.4. The van der Waals surface area contributed by atoms with Gasteiger partial charge in [-0.15, -0.1) is 0 Å². The second kappa shape index (κ2) is 8.86. The van der Waals surface area contributed by atoms with Crippen LogP contribution in [-0.4, -0.2) is 32.9 Å². The molecule has 0 saturated heterocycles. The minimum atomic E-state index is -4.10. The van der Waals surface area contributed by atoms with Crippen molar-refractivity contribution in [1.29, 1.82) is 5.26 Å². The van der Waals surface area contributed by atoms with Crippen LogP contribution in [0.15, 0.2) is 59.5 Å². The first-order chi connectivity index (χ1) is 13.9. The summed E-state index contributed by atoms with van der Waals surface area (Å²) in [5, 5.41) is 11.8. The number of nitrogens with zero attached hydrogens (tertiary/aromatic N) is 1. The minimum Gasteiger partial charge on any atom is -0.446 e. The Balaban J connectivity index is 1.68. The summed E-state index contributed by atoms with van der Waals surface area (Å²) >= 11 is 0. The number of hydrogen-bond donors (Lipinski definition) is 2. The van der Waals surface area contributed by atoms with E-state index in [0.717, 1.165) is 12.8 Å². The summed E-state index contributed by atoms with van der Waals surface area (Å²) in [6.07, 6.45) is 0.568. The molecule has 0 bridgehead atoms. The second-order valence-corrected chi connectivity index (χ2v) is 8.23. The average Bonchev–Trinajstić information content (AvgIpc) is 3.55. The molecule has 1 aliphatic carbocycles. The Morgan fingerprint density at radius 3 is 2.41 bits per heavy atom. The third-order valence-electron chi connectivity index (χ3n) is 4.22. The smallest absolute Gasteiger partial charge is 0.322 e. The van der Waals surface area contributed by atoms with E-state index in [1.54, 1.807) is 36.4 Å². The zero-order valence-electron chi connectivity index (χ0n) is 15.4. The monoisotopic (exact) mass is 413 g/mol. The molecule has 2 N–H and O–H groups in total. The minimum absolute atomic E-state index is 0.0423. The number of esters is 1. The van der Waals surface area contributed by atoms with Crippen molar-refractivity contribution in [3.63, 3.8) is 0 Å². The molecule has 0 radical (unpaired) electrons. The number of nitriles is 1. The molecule has 1 saturated carbocycles. The van der Waals surface area contributed by atoms with E-state index in [0.29, 0.717) is 5.56 Å². The highest BCUT2D eigenvalue weighted by Crippen LogP contribution is 2.23. The molecule has 0 spiro atoms. The summed E-state index contributed by atoms with van der Waals surface area (Å²) in [4.78, 5) is 24.5. The summed E-state index contributed by atoms with van der Waals surface area (Å²) in [7, 11) is -4.10. The van der Waals surface area contributed by atoms with Crippen LogP contribution in [0.2, 0.25) is 0 Å². The van der Waals surface area contributed by atoms with Gasteiger partial charge in [-0.1, -0.05) is 42.5 Å². The number of amides is 1. The summed E-state index contributed by atoms with van der Waals surface area (Å²) in [5.74, 6) is -1.37. The van der Waals surface area contributed by atoms with Gasteiger partial charge < -0.3 is 10.1 Å². The van der Waals surface area contributed by atoms with Crippen molar-refractivity contribution >= 4 is 21.9 Å². The van der Waals surface area contributed by atoms with Crippen molar-refractivity contribution in [3.05, 3.63) is 65.7 Å². The van der Waals surface area contributed by atoms with E-state index in [4.69, 9.17) is 10.00 Å². The fourth-order valence-corrected chi connectivity index (χ4v) is 3.73. The highest BCUT2D eigenvalue weighted by atomic mass is 32.2. The van der Waals surface area contributed by atoms with Crippen molar-refractivity contribution in [3.8, 4) is 6.07 Å². The van der Waals surface area contributed by atoms with Gasteiger partial charge in [0.2, 0.25) is 16.1 Å². The van der Waals surface area contributed by atoms with Gasteiger partial charge in [0.25, 0.3) is 5.91 Å². The molecular formula is C20H19N3O5S. The average molecular weight is 413 g/mol. The molecule has 0 aromatic heterocycles. The lowest BCUT2D eigenvalue weighted by molar-refractivity contribution is -0.155. The Bertz CT molecular complexity index is 1040. The number of carbonyl (C=O) groups excluding carboxylic acids is 2. The predicted molar refractivity (Wildman–Crippen MR) is 103 cm³/mol. The van der Waals surface area contributed by atoms with Crippen molar-refractivity contribution in [2.24, 2.45) is 0 Å². The molecule has 29 heavy (non-hydrogen) atoms. The molecule has 8 nitrogen and oxygen atoms in total. The second-order valence-electron chi connectivity index (χ2n) is 6.50. The SMILES string of the molecule is N#Cc1ccccc1S(=O)(=O)NCC(=O)O[C@H](C(=O)NC1CC1)c1ccccc1. The van der Waals surface area contributed by atoms with Gasteiger partial charge in [-0.3, -0.25) is 9.59 Å². The molecule has 3 rings (SSSR count). The van der Waals surface area contributed by atoms with Crippen LogP contribution in [0.25, 0.3) is 0 Å². The molecule has 1 aliphatic rings. The number of hydrogen-bond acceptors (Lipinski definition) is 6. The zero-order valence-corrected chi connectivity index (χ0v) is 16.2. The van der Waals surface area contributed by atoms with E-state index in [1.165, 1.54) is 24.3 Å². The quantitative estimate of drug-likeness (QED) is 0.630. The fraction of sp³-hybridized carbons (Fsp3) is 0.250. The molecule has 1 atom stereocenters. The van der Waals surface area contributed by atoms with Crippen LogP contribution in [0.3, 0.4) is 0 Å². The van der Waals surface area contributed by atoms with Gasteiger partial charge in [0.1, 0.15) is 12.6 Å². The summed E-state index contributed by atoms with van der Waals surface area (Å²) < 4.78 is 32.2. The highest BCUT2D eigenvalue weighted by Gasteiger charge is 2.31. The van der Waals surface area contributed by atoms with Crippen molar-refractivity contribution in [1.82, 2.24) is 10.0 Å². The van der Waals surface area contributed by atoms with Gasteiger partial charge in [-0.25, -0.2) is 8.42 Å². The number of rotatable bonds is 8. The maximum Gasteiger partial charge on any atom is 0.322 e. The largest absolute Gasteiger partial charge is 0.446 e. The highest BCUT2D eigenvalue weighted by molar-refractivity contribution is 7.89. The fourth-order valence-electron chi connectivity index (χ4n) is 2.60. The lowest BCUT2D eigenvalue weighted by Crippen LogP contribution is -2.36.